The smallest absolute Gasteiger partial charge is 0.259 e. The van der Waals surface area contributed by atoms with Crippen LogP contribution in [0, 0.1) is 5.92 Å². The van der Waals surface area contributed by atoms with E-state index in [0.717, 1.165) is 35.2 Å². The molecule has 0 saturated heterocycles. The molecule has 4 aromatic rings. The first-order valence-electron chi connectivity index (χ1n) is 11.6. The number of aromatic amines is 1. The average Bonchev–Trinajstić information content (AvgIpc) is 3.54. The molecule has 2 atom stereocenters. The summed E-state index contributed by atoms with van der Waals surface area (Å²) < 4.78 is 16.4. The Kier molecular flexibility index (Phi) is 6.96. The van der Waals surface area contributed by atoms with Crippen molar-refractivity contribution in [2.24, 2.45) is 5.92 Å². The maximum absolute atomic E-state index is 13.0. The van der Waals surface area contributed by atoms with E-state index in [0.29, 0.717) is 43.7 Å². The van der Waals surface area contributed by atoms with E-state index in [4.69, 9.17) is 18.6 Å². The second-order valence-corrected chi connectivity index (χ2v) is 10.1. The Hall–Kier alpha value is -2.72. The van der Waals surface area contributed by atoms with E-state index in [1.54, 1.807) is 29.9 Å². The van der Waals surface area contributed by atoms with Crippen molar-refractivity contribution in [2.45, 2.75) is 52.0 Å². The molecule has 0 spiro atoms. The van der Waals surface area contributed by atoms with Crippen LogP contribution in [0.25, 0.3) is 10.2 Å². The molecule has 4 aromatic heterocycles. The SMILES string of the molecule is C[C@@H]1CCc2c(sc3nc(CN(Cc4ccco4)C[C@@H](O)COCc4ccco4)[nH]c(=O)c23)C1. The van der Waals surface area contributed by atoms with Crippen molar-refractivity contribution in [1.82, 2.24) is 14.9 Å². The fourth-order valence-corrected chi connectivity index (χ4v) is 5.93. The summed E-state index contributed by atoms with van der Waals surface area (Å²) in [5.41, 5.74) is 1.10. The van der Waals surface area contributed by atoms with Gasteiger partial charge in [0, 0.05) is 11.4 Å². The van der Waals surface area contributed by atoms with Gasteiger partial charge in [0.05, 0.1) is 43.7 Å². The third-order valence-electron chi connectivity index (χ3n) is 6.15. The monoisotopic (exact) mass is 483 g/mol. The summed E-state index contributed by atoms with van der Waals surface area (Å²) in [4.78, 5) is 24.9. The van der Waals surface area contributed by atoms with Gasteiger partial charge < -0.3 is 23.7 Å². The van der Waals surface area contributed by atoms with Gasteiger partial charge in [-0.05, 0) is 55.0 Å². The lowest BCUT2D eigenvalue weighted by molar-refractivity contribution is 0.00125. The van der Waals surface area contributed by atoms with E-state index >= 15 is 0 Å². The molecule has 9 heteroatoms. The van der Waals surface area contributed by atoms with E-state index in [1.165, 1.54) is 10.4 Å². The number of aryl methyl sites for hydroxylation is 1. The molecular weight excluding hydrogens is 454 g/mol. The van der Waals surface area contributed by atoms with Crippen molar-refractivity contribution in [3.8, 4) is 0 Å². The Bertz CT molecular complexity index is 1260. The van der Waals surface area contributed by atoms with Crippen LogP contribution in [0.15, 0.2) is 50.4 Å². The number of furan rings is 2. The van der Waals surface area contributed by atoms with Gasteiger partial charge in [-0.15, -0.1) is 11.3 Å². The van der Waals surface area contributed by atoms with Gasteiger partial charge in [0.1, 0.15) is 28.8 Å². The first-order chi connectivity index (χ1) is 16.5. The summed E-state index contributed by atoms with van der Waals surface area (Å²) in [6.45, 7) is 3.90. The maximum Gasteiger partial charge on any atom is 0.259 e. The molecule has 0 bridgehead atoms. The zero-order valence-corrected chi connectivity index (χ0v) is 20.0. The molecule has 0 unspecified atom stereocenters. The summed E-state index contributed by atoms with van der Waals surface area (Å²) in [5, 5.41) is 11.3. The van der Waals surface area contributed by atoms with Crippen molar-refractivity contribution in [3.63, 3.8) is 0 Å². The van der Waals surface area contributed by atoms with Gasteiger partial charge in [-0.2, -0.15) is 0 Å². The van der Waals surface area contributed by atoms with Gasteiger partial charge in [-0.3, -0.25) is 9.69 Å². The molecule has 180 valence electrons. The van der Waals surface area contributed by atoms with Crippen molar-refractivity contribution in [3.05, 3.63) is 74.9 Å². The van der Waals surface area contributed by atoms with Crippen LogP contribution in [0.2, 0.25) is 0 Å². The molecular formula is C25H29N3O5S. The Morgan fingerprint density at radius 1 is 1.26 bits per heavy atom. The highest BCUT2D eigenvalue weighted by atomic mass is 32.1. The van der Waals surface area contributed by atoms with Crippen molar-refractivity contribution >= 4 is 21.6 Å². The number of nitrogens with zero attached hydrogens (tertiary/aromatic N) is 2. The molecule has 1 aliphatic carbocycles. The summed E-state index contributed by atoms with van der Waals surface area (Å²) >= 11 is 1.64. The number of rotatable bonds is 10. The molecule has 2 N–H and O–H groups in total. The fourth-order valence-electron chi connectivity index (χ4n) is 4.53. The molecule has 5 rings (SSSR count). The number of hydrogen-bond acceptors (Lipinski definition) is 8. The zero-order chi connectivity index (χ0) is 23.5. The molecule has 0 saturated carbocycles. The minimum absolute atomic E-state index is 0.0765. The number of hydrogen-bond donors (Lipinski definition) is 2. The number of aliphatic hydroxyl groups is 1. The lowest BCUT2D eigenvalue weighted by Crippen LogP contribution is -2.35. The number of aromatic nitrogens is 2. The summed E-state index contributed by atoms with van der Waals surface area (Å²) in [6, 6.07) is 7.35. The highest BCUT2D eigenvalue weighted by Gasteiger charge is 2.24. The molecule has 8 nitrogen and oxygen atoms in total. The van der Waals surface area contributed by atoms with Gasteiger partial charge in [0.2, 0.25) is 0 Å². The minimum atomic E-state index is -0.726. The van der Waals surface area contributed by atoms with Gasteiger partial charge in [0.15, 0.2) is 0 Å². The number of ether oxygens (including phenoxy) is 1. The minimum Gasteiger partial charge on any atom is -0.468 e. The fraction of sp³-hybridized carbons (Fsp3) is 0.440. The Morgan fingerprint density at radius 2 is 2.06 bits per heavy atom. The quantitative estimate of drug-likeness (QED) is 0.353. The van der Waals surface area contributed by atoms with Crippen LogP contribution in [0.5, 0.6) is 0 Å². The predicted octanol–water partition coefficient (Wildman–Crippen LogP) is 3.88. The van der Waals surface area contributed by atoms with Crippen molar-refractivity contribution in [2.75, 3.05) is 13.2 Å². The Labute approximate surface area is 201 Å². The molecule has 34 heavy (non-hydrogen) atoms. The average molecular weight is 484 g/mol. The topological polar surface area (TPSA) is 105 Å². The van der Waals surface area contributed by atoms with Crippen LogP contribution in [0.1, 0.15) is 41.1 Å². The Morgan fingerprint density at radius 3 is 2.82 bits per heavy atom. The highest BCUT2D eigenvalue weighted by molar-refractivity contribution is 7.18. The normalized spacial score (nSPS) is 16.9. The number of fused-ring (bicyclic) bond motifs is 3. The summed E-state index contributed by atoms with van der Waals surface area (Å²) in [6.07, 6.45) is 5.55. The third-order valence-corrected chi connectivity index (χ3v) is 7.30. The summed E-state index contributed by atoms with van der Waals surface area (Å²) in [7, 11) is 0. The number of nitrogens with one attached hydrogen (secondary N) is 1. The molecule has 0 fully saturated rings. The molecule has 0 aliphatic heterocycles. The van der Waals surface area contributed by atoms with Crippen molar-refractivity contribution < 1.29 is 18.7 Å². The lowest BCUT2D eigenvalue weighted by Gasteiger charge is -2.23. The zero-order valence-electron chi connectivity index (χ0n) is 19.2. The van der Waals surface area contributed by atoms with E-state index in [1.807, 2.05) is 23.1 Å². The maximum atomic E-state index is 13.0. The number of H-pyrrole nitrogens is 1. The van der Waals surface area contributed by atoms with Crippen LogP contribution in [-0.2, 0) is 37.3 Å². The number of thiophene rings is 1. The van der Waals surface area contributed by atoms with Gasteiger partial charge in [0.25, 0.3) is 5.56 Å². The molecule has 0 amide bonds. The van der Waals surface area contributed by atoms with Crippen LogP contribution in [0.4, 0.5) is 0 Å². The first-order valence-corrected chi connectivity index (χ1v) is 12.4. The second-order valence-electron chi connectivity index (χ2n) is 9.04. The van der Waals surface area contributed by atoms with Crippen LogP contribution in [0.3, 0.4) is 0 Å². The van der Waals surface area contributed by atoms with Crippen LogP contribution >= 0.6 is 11.3 Å². The molecule has 0 aromatic carbocycles. The van der Waals surface area contributed by atoms with Crippen molar-refractivity contribution in [1.29, 1.82) is 0 Å². The van der Waals surface area contributed by atoms with E-state index in [9.17, 15) is 9.90 Å². The largest absolute Gasteiger partial charge is 0.468 e. The summed E-state index contributed by atoms with van der Waals surface area (Å²) in [5.74, 6) is 2.70. The van der Waals surface area contributed by atoms with Gasteiger partial charge in [-0.25, -0.2) is 4.98 Å². The third kappa shape index (κ3) is 5.33. The second kappa shape index (κ2) is 10.3. The number of aliphatic hydroxyl groups excluding tert-OH is 1. The van der Waals surface area contributed by atoms with Crippen LogP contribution < -0.4 is 5.56 Å². The first kappa shape index (κ1) is 23.0. The standard InChI is InChI=1S/C25H29N3O5S/c1-16-6-7-20-21(10-16)34-25-23(20)24(30)26-22(27-25)13-28(12-18-4-2-8-32-18)11-17(29)14-31-15-19-5-3-9-33-19/h2-5,8-9,16-17,29H,6-7,10-15H2,1H3,(H,26,27,30)/t16-,17-/m1/s1. The molecule has 1 aliphatic rings. The highest BCUT2D eigenvalue weighted by Crippen LogP contribution is 2.35. The van der Waals surface area contributed by atoms with E-state index in [-0.39, 0.29) is 12.2 Å². The van der Waals surface area contributed by atoms with E-state index in [2.05, 4.69) is 11.9 Å². The van der Waals surface area contributed by atoms with Gasteiger partial charge in [-0.1, -0.05) is 6.92 Å². The lowest BCUT2D eigenvalue weighted by atomic mass is 9.89. The molecule has 4 heterocycles. The van der Waals surface area contributed by atoms with Gasteiger partial charge >= 0.3 is 0 Å². The Balaban J connectivity index is 1.30. The van der Waals surface area contributed by atoms with Crippen LogP contribution in [-0.4, -0.2) is 39.2 Å². The molecule has 0 radical (unpaired) electrons. The van der Waals surface area contributed by atoms with E-state index < -0.39 is 6.10 Å². The predicted molar refractivity (Wildman–Crippen MR) is 129 cm³/mol.